The smallest absolute Gasteiger partial charge is 0.0630 e. The van der Waals surface area contributed by atoms with E-state index in [-0.39, 0.29) is 0 Å². The van der Waals surface area contributed by atoms with Crippen LogP contribution in [0.3, 0.4) is 0 Å². The van der Waals surface area contributed by atoms with Crippen LogP contribution >= 0.6 is 11.8 Å². The topological polar surface area (TPSA) is 35.8 Å². The molecule has 1 saturated heterocycles. The lowest BCUT2D eigenvalue weighted by molar-refractivity contribution is 0.142. The Balaban J connectivity index is 1.83. The minimum Gasteiger partial charge on any atom is -0.302 e. The fourth-order valence-electron chi connectivity index (χ4n) is 3.23. The second kappa shape index (κ2) is 5.93. The van der Waals surface area contributed by atoms with E-state index in [0.717, 1.165) is 23.6 Å². The predicted octanol–water partition coefficient (Wildman–Crippen LogP) is 3.15. The van der Waals surface area contributed by atoms with Crippen LogP contribution < -0.4 is 5.32 Å². The molecule has 1 saturated carbocycles. The third kappa shape index (κ3) is 2.93. The molecule has 0 radical (unpaired) electrons. The van der Waals surface area contributed by atoms with Crippen LogP contribution in [0.4, 0.5) is 0 Å². The van der Waals surface area contributed by atoms with Crippen molar-refractivity contribution in [3.63, 3.8) is 0 Å². The number of piperidine rings is 1. The van der Waals surface area contributed by atoms with E-state index in [9.17, 15) is 0 Å². The Morgan fingerprint density at radius 1 is 1.38 bits per heavy atom. The third-order valence-corrected chi connectivity index (χ3v) is 5.24. The molecule has 1 N–H and O–H groups in total. The van der Waals surface area contributed by atoms with Crippen molar-refractivity contribution >= 4 is 11.8 Å². The summed E-state index contributed by atoms with van der Waals surface area (Å²) in [6.07, 6.45) is 7.59. The highest BCUT2D eigenvalue weighted by molar-refractivity contribution is 7.99. The Labute approximate surface area is 103 Å². The highest BCUT2D eigenvalue weighted by atomic mass is 32.2. The summed E-state index contributed by atoms with van der Waals surface area (Å²) >= 11 is 1.95. The number of hydrogen-bond donors (Lipinski definition) is 1. The van der Waals surface area contributed by atoms with E-state index in [1.54, 1.807) is 0 Å². The fraction of sp³-hybridized carbons (Fsp3) is 0.923. The van der Waals surface area contributed by atoms with Gasteiger partial charge in [-0.1, -0.05) is 19.8 Å². The summed E-state index contributed by atoms with van der Waals surface area (Å²) < 4.78 is 0. The molecule has 4 unspecified atom stereocenters. The summed E-state index contributed by atoms with van der Waals surface area (Å²) in [5.41, 5.74) is 0. The minimum absolute atomic E-state index is 0.600. The van der Waals surface area contributed by atoms with Crippen LogP contribution in [0.1, 0.15) is 45.4 Å². The third-order valence-electron chi connectivity index (χ3n) is 4.07. The summed E-state index contributed by atoms with van der Waals surface area (Å²) in [6, 6.07) is 2.99. The highest BCUT2D eigenvalue weighted by Crippen LogP contribution is 2.38. The molecule has 2 nitrogen and oxygen atoms in total. The minimum atomic E-state index is 0.600. The largest absolute Gasteiger partial charge is 0.302 e. The van der Waals surface area contributed by atoms with Crippen LogP contribution in [0.15, 0.2) is 0 Å². The van der Waals surface area contributed by atoms with Gasteiger partial charge in [0, 0.05) is 18.2 Å². The number of nitriles is 1. The number of nitrogens with one attached hydrogen (secondary N) is 1. The zero-order valence-electron chi connectivity index (χ0n) is 10.1. The Morgan fingerprint density at radius 3 is 3.00 bits per heavy atom. The van der Waals surface area contributed by atoms with E-state index in [1.165, 1.54) is 32.1 Å². The van der Waals surface area contributed by atoms with Crippen LogP contribution in [-0.4, -0.2) is 17.2 Å². The summed E-state index contributed by atoms with van der Waals surface area (Å²) in [7, 11) is 0. The highest BCUT2D eigenvalue weighted by Gasteiger charge is 2.36. The molecule has 0 spiro atoms. The van der Waals surface area contributed by atoms with E-state index in [2.05, 4.69) is 18.3 Å². The number of fused-ring (bicyclic) bond motifs is 1. The molecule has 0 amide bonds. The molecule has 1 heterocycles. The van der Waals surface area contributed by atoms with Gasteiger partial charge >= 0.3 is 0 Å². The van der Waals surface area contributed by atoms with Gasteiger partial charge in [0.05, 0.1) is 11.4 Å². The van der Waals surface area contributed by atoms with E-state index in [1.807, 2.05) is 11.8 Å². The SMILES string of the molecule is CC1CC(SCCC#N)NC2CCCCC12. The van der Waals surface area contributed by atoms with Gasteiger partial charge in [0.15, 0.2) is 0 Å². The Hall–Kier alpha value is -0.200. The first-order valence-corrected chi connectivity index (χ1v) is 7.60. The van der Waals surface area contributed by atoms with Crippen molar-refractivity contribution in [3.05, 3.63) is 0 Å². The summed E-state index contributed by atoms with van der Waals surface area (Å²) in [4.78, 5) is 0. The number of thioether (sulfide) groups is 1. The first-order chi connectivity index (χ1) is 7.81. The maximum atomic E-state index is 8.55. The van der Waals surface area contributed by atoms with Crippen molar-refractivity contribution in [3.8, 4) is 6.07 Å². The predicted molar refractivity (Wildman–Crippen MR) is 69.1 cm³/mol. The van der Waals surface area contributed by atoms with Crippen molar-refractivity contribution in [2.24, 2.45) is 11.8 Å². The first kappa shape index (κ1) is 12.3. The standard InChI is InChI=1S/C13H22N2S/c1-10-9-13(16-8-4-7-14)15-12-6-3-2-5-11(10)12/h10-13,15H,2-6,8-9H2,1H3. The fourth-order valence-corrected chi connectivity index (χ4v) is 4.43. The van der Waals surface area contributed by atoms with Gasteiger partial charge in [-0.25, -0.2) is 0 Å². The van der Waals surface area contributed by atoms with Crippen LogP contribution in [0.5, 0.6) is 0 Å². The molecule has 1 aliphatic heterocycles. The van der Waals surface area contributed by atoms with Gasteiger partial charge in [-0.05, 0) is 31.1 Å². The van der Waals surface area contributed by atoms with E-state index in [0.29, 0.717) is 11.8 Å². The molecular weight excluding hydrogens is 216 g/mol. The molecule has 2 rings (SSSR count). The molecule has 90 valence electrons. The van der Waals surface area contributed by atoms with Crippen molar-refractivity contribution in [1.82, 2.24) is 5.32 Å². The van der Waals surface area contributed by atoms with Gasteiger partial charge < -0.3 is 5.32 Å². The number of rotatable bonds is 3. The molecule has 0 aromatic heterocycles. The average molecular weight is 238 g/mol. The summed E-state index contributed by atoms with van der Waals surface area (Å²) in [5, 5.41) is 12.9. The van der Waals surface area contributed by atoms with Gasteiger partial charge in [0.1, 0.15) is 0 Å². The molecule has 0 bridgehead atoms. The van der Waals surface area contributed by atoms with Gasteiger partial charge in [-0.2, -0.15) is 5.26 Å². The Morgan fingerprint density at radius 2 is 2.19 bits per heavy atom. The van der Waals surface area contributed by atoms with Crippen LogP contribution in [-0.2, 0) is 0 Å². The van der Waals surface area contributed by atoms with Crippen molar-refractivity contribution in [2.45, 2.75) is 56.9 Å². The summed E-state index contributed by atoms with van der Waals surface area (Å²) in [6.45, 7) is 2.42. The van der Waals surface area contributed by atoms with E-state index >= 15 is 0 Å². The van der Waals surface area contributed by atoms with Gasteiger partial charge in [0.25, 0.3) is 0 Å². The maximum absolute atomic E-state index is 8.55. The van der Waals surface area contributed by atoms with Crippen molar-refractivity contribution in [2.75, 3.05) is 5.75 Å². The molecule has 0 aromatic carbocycles. The average Bonchev–Trinajstić information content (AvgIpc) is 2.30. The van der Waals surface area contributed by atoms with Crippen LogP contribution in [0, 0.1) is 23.2 Å². The Bertz CT molecular complexity index is 261. The molecule has 4 atom stereocenters. The van der Waals surface area contributed by atoms with Gasteiger partial charge in [-0.15, -0.1) is 11.8 Å². The molecule has 3 heteroatoms. The molecular formula is C13H22N2S. The second-order valence-electron chi connectivity index (χ2n) is 5.20. The second-order valence-corrected chi connectivity index (χ2v) is 6.51. The lowest BCUT2D eigenvalue weighted by atomic mass is 9.73. The van der Waals surface area contributed by atoms with Crippen LogP contribution in [0.25, 0.3) is 0 Å². The van der Waals surface area contributed by atoms with E-state index in [4.69, 9.17) is 5.26 Å². The monoisotopic (exact) mass is 238 g/mol. The van der Waals surface area contributed by atoms with Gasteiger partial charge in [-0.3, -0.25) is 0 Å². The van der Waals surface area contributed by atoms with Gasteiger partial charge in [0.2, 0.25) is 0 Å². The molecule has 0 aromatic rings. The molecule has 1 aliphatic carbocycles. The maximum Gasteiger partial charge on any atom is 0.0630 e. The summed E-state index contributed by atoms with van der Waals surface area (Å²) in [5.74, 6) is 2.77. The zero-order chi connectivity index (χ0) is 11.4. The molecule has 2 fully saturated rings. The van der Waals surface area contributed by atoms with Crippen molar-refractivity contribution < 1.29 is 0 Å². The lowest BCUT2D eigenvalue weighted by Gasteiger charge is -2.44. The molecule has 2 aliphatic rings. The van der Waals surface area contributed by atoms with Crippen molar-refractivity contribution in [1.29, 1.82) is 5.26 Å². The van der Waals surface area contributed by atoms with Crippen LogP contribution in [0.2, 0.25) is 0 Å². The zero-order valence-corrected chi connectivity index (χ0v) is 10.9. The quantitative estimate of drug-likeness (QED) is 0.767. The lowest BCUT2D eigenvalue weighted by Crippen LogP contribution is -2.51. The number of hydrogen-bond acceptors (Lipinski definition) is 3. The number of nitrogens with zero attached hydrogens (tertiary/aromatic N) is 1. The van der Waals surface area contributed by atoms with E-state index < -0.39 is 0 Å². The first-order valence-electron chi connectivity index (χ1n) is 6.56. The normalized spacial score (nSPS) is 38.8. The Kier molecular flexibility index (Phi) is 4.55. The molecule has 16 heavy (non-hydrogen) atoms.